The Kier molecular flexibility index (Phi) is 2.60. The van der Waals surface area contributed by atoms with Crippen LogP contribution in [0.25, 0.3) is 0 Å². The van der Waals surface area contributed by atoms with Gasteiger partial charge in [-0.3, -0.25) is 4.79 Å². The number of carbonyl (C=O) groups excluding carboxylic acids is 1. The molecular formula is C9H11NO4. The second-order valence-electron chi connectivity index (χ2n) is 3.36. The highest BCUT2D eigenvalue weighted by molar-refractivity contribution is 5.95. The van der Waals surface area contributed by atoms with Gasteiger partial charge in [0.1, 0.15) is 5.54 Å². The van der Waals surface area contributed by atoms with Crippen molar-refractivity contribution in [2.75, 3.05) is 0 Å². The van der Waals surface area contributed by atoms with Gasteiger partial charge in [-0.05, 0) is 26.0 Å². The first kappa shape index (κ1) is 10.3. The second kappa shape index (κ2) is 3.53. The molecule has 0 spiro atoms. The normalized spacial score (nSPS) is 11.0. The minimum absolute atomic E-state index is 0.0966. The standard InChI is InChI=1S/C9H11NO4/c1-9(2,8(12)13)10-7(11)6-4-3-5-14-6/h3-5H,1-2H3,(H,10,11)(H,12,13). The van der Waals surface area contributed by atoms with Crippen LogP contribution in [0.5, 0.6) is 0 Å². The molecule has 76 valence electrons. The molecule has 1 amide bonds. The average molecular weight is 197 g/mol. The molecule has 5 nitrogen and oxygen atoms in total. The summed E-state index contributed by atoms with van der Waals surface area (Å²) in [6.07, 6.45) is 1.35. The summed E-state index contributed by atoms with van der Waals surface area (Å²) in [6.45, 7) is 2.80. The molecule has 2 N–H and O–H groups in total. The summed E-state index contributed by atoms with van der Waals surface area (Å²) in [5.74, 6) is -1.54. The number of aliphatic carboxylic acids is 1. The summed E-state index contributed by atoms with van der Waals surface area (Å²) in [4.78, 5) is 22.0. The van der Waals surface area contributed by atoms with E-state index in [2.05, 4.69) is 5.32 Å². The van der Waals surface area contributed by atoms with Gasteiger partial charge in [0.15, 0.2) is 5.76 Å². The maximum Gasteiger partial charge on any atom is 0.328 e. The predicted molar refractivity (Wildman–Crippen MR) is 47.9 cm³/mol. The van der Waals surface area contributed by atoms with Crippen LogP contribution < -0.4 is 5.32 Å². The number of carbonyl (C=O) groups is 2. The van der Waals surface area contributed by atoms with Crippen LogP contribution in [0.2, 0.25) is 0 Å². The van der Waals surface area contributed by atoms with E-state index in [0.29, 0.717) is 0 Å². The summed E-state index contributed by atoms with van der Waals surface area (Å²) in [5.41, 5.74) is -1.30. The topological polar surface area (TPSA) is 79.5 Å². The Bertz CT molecular complexity index is 340. The van der Waals surface area contributed by atoms with Gasteiger partial charge in [-0.2, -0.15) is 0 Å². The van der Waals surface area contributed by atoms with Crippen molar-refractivity contribution in [1.29, 1.82) is 0 Å². The molecule has 1 aromatic heterocycles. The van der Waals surface area contributed by atoms with Crippen LogP contribution in [0.1, 0.15) is 24.4 Å². The summed E-state index contributed by atoms with van der Waals surface area (Å²) in [5, 5.41) is 11.1. The highest BCUT2D eigenvalue weighted by Gasteiger charge is 2.29. The van der Waals surface area contributed by atoms with Gasteiger partial charge >= 0.3 is 5.97 Å². The molecule has 0 radical (unpaired) electrons. The number of hydrogen-bond donors (Lipinski definition) is 2. The van der Waals surface area contributed by atoms with E-state index in [1.165, 1.54) is 26.2 Å². The molecule has 5 heteroatoms. The smallest absolute Gasteiger partial charge is 0.328 e. The van der Waals surface area contributed by atoms with Crippen LogP contribution in [0.3, 0.4) is 0 Å². The number of carboxylic acid groups (broad SMARTS) is 1. The van der Waals surface area contributed by atoms with Crippen molar-refractivity contribution in [3.05, 3.63) is 24.2 Å². The molecule has 1 rings (SSSR count). The molecule has 14 heavy (non-hydrogen) atoms. The monoisotopic (exact) mass is 197 g/mol. The number of nitrogens with one attached hydrogen (secondary N) is 1. The highest BCUT2D eigenvalue weighted by atomic mass is 16.4. The maximum atomic E-state index is 11.4. The summed E-state index contributed by atoms with van der Waals surface area (Å²) in [6, 6.07) is 3.02. The fourth-order valence-electron chi connectivity index (χ4n) is 0.807. The molecule has 1 heterocycles. The van der Waals surface area contributed by atoms with E-state index in [9.17, 15) is 9.59 Å². The SMILES string of the molecule is CC(C)(NC(=O)c1ccco1)C(=O)O. The third-order valence-corrected chi connectivity index (χ3v) is 1.71. The van der Waals surface area contributed by atoms with E-state index in [1.807, 2.05) is 0 Å². The Morgan fingerprint density at radius 1 is 1.50 bits per heavy atom. The van der Waals surface area contributed by atoms with E-state index < -0.39 is 17.4 Å². The van der Waals surface area contributed by atoms with Crippen LogP contribution in [0.4, 0.5) is 0 Å². The predicted octanol–water partition coefficient (Wildman–Crippen LogP) is 0.873. The van der Waals surface area contributed by atoms with Gasteiger partial charge in [-0.15, -0.1) is 0 Å². The lowest BCUT2D eigenvalue weighted by molar-refractivity contribution is -0.143. The molecule has 0 atom stereocenters. The van der Waals surface area contributed by atoms with Crippen molar-refractivity contribution in [1.82, 2.24) is 5.32 Å². The van der Waals surface area contributed by atoms with Crippen molar-refractivity contribution in [3.8, 4) is 0 Å². The lowest BCUT2D eigenvalue weighted by Crippen LogP contribution is -2.49. The van der Waals surface area contributed by atoms with Gasteiger partial charge in [-0.25, -0.2) is 4.79 Å². The number of carboxylic acids is 1. The zero-order valence-electron chi connectivity index (χ0n) is 7.90. The Morgan fingerprint density at radius 2 is 2.14 bits per heavy atom. The van der Waals surface area contributed by atoms with Gasteiger partial charge in [0, 0.05) is 0 Å². The molecule has 1 aromatic rings. The molecule has 0 aliphatic carbocycles. The van der Waals surface area contributed by atoms with Gasteiger partial charge in [0.25, 0.3) is 5.91 Å². The molecule has 0 fully saturated rings. The molecular weight excluding hydrogens is 186 g/mol. The minimum atomic E-state index is -1.30. The maximum absolute atomic E-state index is 11.4. The zero-order chi connectivity index (χ0) is 10.8. The number of amides is 1. The molecule has 0 aromatic carbocycles. The average Bonchev–Trinajstić information content (AvgIpc) is 2.54. The van der Waals surface area contributed by atoms with Crippen molar-refractivity contribution >= 4 is 11.9 Å². The van der Waals surface area contributed by atoms with Crippen LogP contribution in [0, 0.1) is 0 Å². The summed E-state index contributed by atoms with van der Waals surface area (Å²) < 4.78 is 4.82. The molecule has 0 bridgehead atoms. The van der Waals surface area contributed by atoms with E-state index in [4.69, 9.17) is 9.52 Å². The van der Waals surface area contributed by atoms with E-state index in [-0.39, 0.29) is 5.76 Å². The minimum Gasteiger partial charge on any atom is -0.480 e. The van der Waals surface area contributed by atoms with E-state index in [1.54, 1.807) is 6.07 Å². The lowest BCUT2D eigenvalue weighted by Gasteiger charge is -2.19. The molecule has 0 unspecified atom stereocenters. The van der Waals surface area contributed by atoms with Crippen molar-refractivity contribution in [2.45, 2.75) is 19.4 Å². The van der Waals surface area contributed by atoms with E-state index in [0.717, 1.165) is 0 Å². The van der Waals surface area contributed by atoms with Gasteiger partial charge in [-0.1, -0.05) is 0 Å². The molecule has 0 saturated heterocycles. The van der Waals surface area contributed by atoms with Gasteiger partial charge in [0.2, 0.25) is 0 Å². The fraction of sp³-hybridized carbons (Fsp3) is 0.333. The van der Waals surface area contributed by atoms with Crippen molar-refractivity contribution < 1.29 is 19.1 Å². The first-order chi connectivity index (χ1) is 6.43. The number of hydrogen-bond acceptors (Lipinski definition) is 3. The van der Waals surface area contributed by atoms with Crippen LogP contribution in [-0.4, -0.2) is 22.5 Å². The summed E-state index contributed by atoms with van der Waals surface area (Å²) in [7, 11) is 0. The molecule has 0 aliphatic heterocycles. The Morgan fingerprint density at radius 3 is 2.57 bits per heavy atom. The summed E-state index contributed by atoms with van der Waals surface area (Å²) >= 11 is 0. The van der Waals surface area contributed by atoms with Crippen molar-refractivity contribution in [2.24, 2.45) is 0 Å². The van der Waals surface area contributed by atoms with E-state index >= 15 is 0 Å². The first-order valence-corrected chi connectivity index (χ1v) is 4.03. The second-order valence-corrected chi connectivity index (χ2v) is 3.36. The zero-order valence-corrected chi connectivity index (χ0v) is 7.90. The Hall–Kier alpha value is -1.78. The quantitative estimate of drug-likeness (QED) is 0.753. The Balaban J connectivity index is 2.71. The first-order valence-electron chi connectivity index (χ1n) is 4.03. The van der Waals surface area contributed by atoms with Gasteiger partial charge in [0.05, 0.1) is 6.26 Å². The van der Waals surface area contributed by atoms with Crippen LogP contribution in [0.15, 0.2) is 22.8 Å². The number of rotatable bonds is 3. The fourth-order valence-corrected chi connectivity index (χ4v) is 0.807. The van der Waals surface area contributed by atoms with Crippen LogP contribution >= 0.6 is 0 Å². The van der Waals surface area contributed by atoms with Gasteiger partial charge < -0.3 is 14.8 Å². The highest BCUT2D eigenvalue weighted by Crippen LogP contribution is 2.06. The molecule has 0 saturated carbocycles. The third kappa shape index (κ3) is 2.12. The van der Waals surface area contributed by atoms with Crippen molar-refractivity contribution in [3.63, 3.8) is 0 Å². The molecule has 0 aliphatic rings. The Labute approximate surface area is 80.7 Å². The number of furan rings is 1. The largest absolute Gasteiger partial charge is 0.480 e. The lowest BCUT2D eigenvalue weighted by atomic mass is 10.1. The third-order valence-electron chi connectivity index (χ3n) is 1.71. The van der Waals surface area contributed by atoms with Crippen LogP contribution in [-0.2, 0) is 4.79 Å².